The van der Waals surface area contributed by atoms with Crippen molar-refractivity contribution in [2.45, 2.75) is 32.7 Å². The zero-order chi connectivity index (χ0) is 12.1. The van der Waals surface area contributed by atoms with E-state index in [9.17, 15) is 0 Å². The lowest BCUT2D eigenvalue weighted by Crippen LogP contribution is -2.18. The number of nitrogens with one attached hydrogen (secondary N) is 1. The Bertz CT molecular complexity index is 342. The fourth-order valence-corrected chi connectivity index (χ4v) is 2.37. The number of hydrogen-bond acceptors (Lipinski definition) is 3. The maximum absolute atomic E-state index is 5.37. The van der Waals surface area contributed by atoms with E-state index < -0.39 is 0 Å². The van der Waals surface area contributed by atoms with Crippen LogP contribution in [0.2, 0.25) is 0 Å². The minimum absolute atomic E-state index is 0.766. The number of aromatic nitrogens is 2. The number of rotatable bonds is 6. The quantitative estimate of drug-likeness (QED) is 0.762. The Morgan fingerprint density at radius 1 is 1.59 bits per heavy atom. The van der Waals surface area contributed by atoms with Crippen molar-refractivity contribution in [3.05, 3.63) is 17.5 Å². The normalized spacial score (nSPS) is 20.0. The average molecular weight is 237 g/mol. The number of aryl methyl sites for hydroxylation is 2. The van der Waals surface area contributed by atoms with Gasteiger partial charge >= 0.3 is 0 Å². The van der Waals surface area contributed by atoms with E-state index in [4.69, 9.17) is 4.74 Å². The minimum atomic E-state index is 0.766. The van der Waals surface area contributed by atoms with Crippen LogP contribution in [0, 0.1) is 5.92 Å². The van der Waals surface area contributed by atoms with Gasteiger partial charge in [0.15, 0.2) is 0 Å². The Hall–Kier alpha value is -0.870. The number of ether oxygens (including phenoxy) is 1. The van der Waals surface area contributed by atoms with Gasteiger partial charge in [-0.15, -0.1) is 0 Å². The summed E-state index contributed by atoms with van der Waals surface area (Å²) in [6.07, 6.45) is 5.58. The molecule has 1 atom stereocenters. The summed E-state index contributed by atoms with van der Waals surface area (Å²) in [5, 5.41) is 7.95. The van der Waals surface area contributed by atoms with Crippen LogP contribution in [0.1, 0.15) is 31.0 Å². The van der Waals surface area contributed by atoms with Gasteiger partial charge in [-0.05, 0) is 31.7 Å². The van der Waals surface area contributed by atoms with E-state index >= 15 is 0 Å². The zero-order valence-corrected chi connectivity index (χ0v) is 10.9. The third-order valence-electron chi connectivity index (χ3n) is 3.40. The lowest BCUT2D eigenvalue weighted by molar-refractivity contribution is 0.184. The van der Waals surface area contributed by atoms with Crippen molar-refractivity contribution < 1.29 is 4.74 Å². The molecule has 0 saturated carbocycles. The second kappa shape index (κ2) is 6.17. The molecule has 2 rings (SSSR count). The molecule has 17 heavy (non-hydrogen) atoms. The molecule has 4 nitrogen and oxygen atoms in total. The van der Waals surface area contributed by atoms with Gasteiger partial charge in [-0.3, -0.25) is 4.68 Å². The second-order valence-corrected chi connectivity index (χ2v) is 4.82. The van der Waals surface area contributed by atoms with Gasteiger partial charge in [0.05, 0.1) is 5.69 Å². The fraction of sp³-hybridized carbons (Fsp3) is 0.769. The average Bonchev–Trinajstić information content (AvgIpc) is 2.93. The highest BCUT2D eigenvalue weighted by molar-refractivity contribution is 5.16. The van der Waals surface area contributed by atoms with Gasteiger partial charge < -0.3 is 10.1 Å². The van der Waals surface area contributed by atoms with Crippen molar-refractivity contribution >= 4 is 0 Å². The van der Waals surface area contributed by atoms with E-state index in [1.165, 1.54) is 24.1 Å². The number of hydrogen-bond donors (Lipinski definition) is 1. The summed E-state index contributed by atoms with van der Waals surface area (Å²) in [7, 11) is 1.98. The number of nitrogens with zero attached hydrogens (tertiary/aromatic N) is 2. The fourth-order valence-electron chi connectivity index (χ4n) is 2.37. The first kappa shape index (κ1) is 12.6. The minimum Gasteiger partial charge on any atom is -0.381 e. The highest BCUT2D eigenvalue weighted by atomic mass is 16.5. The van der Waals surface area contributed by atoms with Gasteiger partial charge in [0.2, 0.25) is 0 Å². The molecule has 0 amide bonds. The van der Waals surface area contributed by atoms with E-state index in [0.717, 1.165) is 38.6 Å². The van der Waals surface area contributed by atoms with Gasteiger partial charge in [0.1, 0.15) is 0 Å². The SMILES string of the molecule is CCc1nn(C)cc1CNCCC1CCOC1. The molecule has 1 N–H and O–H groups in total. The molecule has 1 saturated heterocycles. The van der Waals surface area contributed by atoms with Crippen LogP contribution in [0.25, 0.3) is 0 Å². The lowest BCUT2D eigenvalue weighted by Gasteiger charge is -2.08. The molecule has 0 aromatic carbocycles. The van der Waals surface area contributed by atoms with Crippen LogP contribution >= 0.6 is 0 Å². The van der Waals surface area contributed by atoms with Gasteiger partial charge in [-0.2, -0.15) is 5.10 Å². The molecule has 1 aromatic heterocycles. The molecule has 1 aliphatic heterocycles. The molecular weight excluding hydrogens is 214 g/mol. The predicted octanol–water partition coefficient (Wildman–Crippen LogP) is 1.50. The Labute approximate surface area is 103 Å². The van der Waals surface area contributed by atoms with Crippen molar-refractivity contribution in [1.82, 2.24) is 15.1 Å². The van der Waals surface area contributed by atoms with E-state index in [0.29, 0.717) is 0 Å². The summed E-state index contributed by atoms with van der Waals surface area (Å²) in [6, 6.07) is 0. The summed E-state index contributed by atoms with van der Waals surface area (Å²) >= 11 is 0. The third kappa shape index (κ3) is 3.54. The van der Waals surface area contributed by atoms with Crippen molar-refractivity contribution in [1.29, 1.82) is 0 Å². The third-order valence-corrected chi connectivity index (χ3v) is 3.40. The van der Waals surface area contributed by atoms with E-state index in [1.54, 1.807) is 0 Å². The maximum atomic E-state index is 5.37. The van der Waals surface area contributed by atoms with Crippen LogP contribution in [-0.2, 0) is 24.8 Å². The second-order valence-electron chi connectivity index (χ2n) is 4.82. The summed E-state index contributed by atoms with van der Waals surface area (Å²) in [4.78, 5) is 0. The first-order valence-electron chi connectivity index (χ1n) is 6.59. The van der Waals surface area contributed by atoms with Crippen molar-refractivity contribution in [2.24, 2.45) is 13.0 Å². The van der Waals surface area contributed by atoms with E-state index in [1.807, 2.05) is 11.7 Å². The monoisotopic (exact) mass is 237 g/mol. The van der Waals surface area contributed by atoms with Gasteiger partial charge in [0, 0.05) is 38.6 Å². The molecule has 1 fully saturated rings. The molecule has 0 bridgehead atoms. The molecule has 0 aliphatic carbocycles. The Balaban J connectivity index is 1.70. The van der Waals surface area contributed by atoms with Crippen LogP contribution in [0.15, 0.2) is 6.20 Å². The highest BCUT2D eigenvalue weighted by Crippen LogP contribution is 2.15. The van der Waals surface area contributed by atoms with Crippen LogP contribution in [-0.4, -0.2) is 29.5 Å². The van der Waals surface area contributed by atoms with Crippen molar-refractivity contribution in [3.63, 3.8) is 0 Å². The summed E-state index contributed by atoms with van der Waals surface area (Å²) < 4.78 is 7.27. The molecule has 2 heterocycles. The Kier molecular flexibility index (Phi) is 4.57. The molecule has 1 aromatic rings. The topological polar surface area (TPSA) is 39.1 Å². The summed E-state index contributed by atoms with van der Waals surface area (Å²) in [6.45, 7) is 6.07. The molecule has 0 radical (unpaired) electrons. The molecular formula is C13H23N3O. The Morgan fingerprint density at radius 3 is 3.18 bits per heavy atom. The van der Waals surface area contributed by atoms with Crippen molar-refractivity contribution in [2.75, 3.05) is 19.8 Å². The first-order valence-corrected chi connectivity index (χ1v) is 6.59. The molecule has 1 aliphatic rings. The molecule has 1 unspecified atom stereocenters. The Morgan fingerprint density at radius 2 is 2.47 bits per heavy atom. The zero-order valence-electron chi connectivity index (χ0n) is 10.9. The largest absolute Gasteiger partial charge is 0.381 e. The smallest absolute Gasteiger partial charge is 0.0666 e. The van der Waals surface area contributed by atoms with Crippen LogP contribution < -0.4 is 5.32 Å². The highest BCUT2D eigenvalue weighted by Gasteiger charge is 2.14. The van der Waals surface area contributed by atoms with Gasteiger partial charge in [0.25, 0.3) is 0 Å². The van der Waals surface area contributed by atoms with Crippen molar-refractivity contribution in [3.8, 4) is 0 Å². The predicted molar refractivity (Wildman–Crippen MR) is 67.8 cm³/mol. The lowest BCUT2D eigenvalue weighted by atomic mass is 10.1. The maximum Gasteiger partial charge on any atom is 0.0666 e. The van der Waals surface area contributed by atoms with Crippen LogP contribution in [0.5, 0.6) is 0 Å². The van der Waals surface area contributed by atoms with Gasteiger partial charge in [-0.1, -0.05) is 6.92 Å². The summed E-state index contributed by atoms with van der Waals surface area (Å²) in [5.41, 5.74) is 2.54. The van der Waals surface area contributed by atoms with Crippen LogP contribution in [0.4, 0.5) is 0 Å². The molecule has 4 heteroatoms. The van der Waals surface area contributed by atoms with Crippen LogP contribution in [0.3, 0.4) is 0 Å². The first-order chi connectivity index (χ1) is 8.29. The molecule has 0 spiro atoms. The van der Waals surface area contributed by atoms with E-state index in [2.05, 4.69) is 23.5 Å². The van der Waals surface area contributed by atoms with Gasteiger partial charge in [-0.25, -0.2) is 0 Å². The standard InChI is InChI=1S/C13H23N3O/c1-3-13-12(9-16(2)15-13)8-14-6-4-11-5-7-17-10-11/h9,11,14H,3-8,10H2,1-2H3. The summed E-state index contributed by atoms with van der Waals surface area (Å²) in [5.74, 6) is 0.766. The molecule has 96 valence electrons. The van der Waals surface area contributed by atoms with E-state index in [-0.39, 0.29) is 0 Å².